The molecule has 6 heteroatoms. The van der Waals surface area contributed by atoms with Crippen LogP contribution in [0.25, 0.3) is 0 Å². The summed E-state index contributed by atoms with van der Waals surface area (Å²) in [6.45, 7) is 4.26. The molecule has 1 aliphatic heterocycles. The average molecular weight is 331 g/mol. The molecule has 1 aromatic rings. The first kappa shape index (κ1) is 17.2. The number of amides is 2. The van der Waals surface area contributed by atoms with Crippen LogP contribution in [0.15, 0.2) is 24.4 Å². The second-order valence-corrected chi connectivity index (χ2v) is 7.36. The monoisotopic (exact) mass is 331 g/mol. The molecule has 2 aliphatic rings. The van der Waals surface area contributed by atoms with Crippen molar-refractivity contribution in [3.8, 4) is 0 Å². The Balaban J connectivity index is 1.58. The minimum absolute atomic E-state index is 0.0444. The van der Waals surface area contributed by atoms with E-state index in [9.17, 15) is 4.79 Å². The second-order valence-electron chi connectivity index (χ2n) is 7.36. The van der Waals surface area contributed by atoms with Crippen LogP contribution < -0.4 is 10.6 Å². The maximum Gasteiger partial charge on any atom is 0.318 e. The first-order valence-electron chi connectivity index (χ1n) is 8.90. The molecule has 1 atom stereocenters. The molecule has 1 saturated heterocycles. The standard InChI is InChI=1S/C18H29N5O/c1-22(2)11-12-23(14-15-5-3-4-8-20-15)17(24)21-16-13-18(16)6-9-19-10-7-18/h3-5,8,16,19H,6-7,9-14H2,1-2H3,(H,21,24). The Hall–Kier alpha value is -1.66. The van der Waals surface area contributed by atoms with Gasteiger partial charge in [0.15, 0.2) is 0 Å². The van der Waals surface area contributed by atoms with Crippen LogP contribution in [-0.4, -0.2) is 67.1 Å². The Kier molecular flexibility index (Phi) is 5.36. The Morgan fingerprint density at radius 1 is 1.33 bits per heavy atom. The number of carbonyl (C=O) groups is 1. The molecular weight excluding hydrogens is 302 g/mol. The summed E-state index contributed by atoms with van der Waals surface area (Å²) in [6, 6.07) is 6.23. The van der Waals surface area contributed by atoms with Gasteiger partial charge in [-0.3, -0.25) is 4.98 Å². The van der Waals surface area contributed by atoms with E-state index in [1.165, 1.54) is 12.8 Å². The van der Waals surface area contributed by atoms with Gasteiger partial charge in [-0.2, -0.15) is 0 Å². The summed E-state index contributed by atoms with van der Waals surface area (Å²) in [7, 11) is 4.06. The summed E-state index contributed by atoms with van der Waals surface area (Å²) in [5.41, 5.74) is 1.29. The maximum atomic E-state index is 12.8. The number of pyridine rings is 1. The third-order valence-electron chi connectivity index (χ3n) is 5.27. The highest BCUT2D eigenvalue weighted by Crippen LogP contribution is 2.52. The van der Waals surface area contributed by atoms with Crippen LogP contribution in [0, 0.1) is 5.41 Å². The zero-order valence-electron chi connectivity index (χ0n) is 14.8. The first-order valence-corrected chi connectivity index (χ1v) is 8.90. The van der Waals surface area contributed by atoms with Crippen molar-refractivity contribution >= 4 is 6.03 Å². The van der Waals surface area contributed by atoms with Crippen LogP contribution >= 0.6 is 0 Å². The lowest BCUT2D eigenvalue weighted by molar-refractivity contribution is 0.184. The molecule has 0 bridgehead atoms. The summed E-state index contributed by atoms with van der Waals surface area (Å²) in [5.74, 6) is 0. The largest absolute Gasteiger partial charge is 0.335 e. The van der Waals surface area contributed by atoms with E-state index in [1.54, 1.807) is 6.20 Å². The number of urea groups is 1. The number of hydrogen-bond donors (Lipinski definition) is 2. The topological polar surface area (TPSA) is 60.5 Å². The van der Waals surface area contributed by atoms with Crippen molar-refractivity contribution in [1.82, 2.24) is 25.4 Å². The van der Waals surface area contributed by atoms with Gasteiger partial charge >= 0.3 is 6.03 Å². The van der Waals surface area contributed by atoms with Crippen LogP contribution in [0.5, 0.6) is 0 Å². The Morgan fingerprint density at radius 2 is 2.12 bits per heavy atom. The molecule has 2 amide bonds. The zero-order valence-corrected chi connectivity index (χ0v) is 14.8. The van der Waals surface area contributed by atoms with Gasteiger partial charge in [-0.15, -0.1) is 0 Å². The van der Waals surface area contributed by atoms with Gasteiger partial charge in [-0.25, -0.2) is 4.79 Å². The SMILES string of the molecule is CN(C)CCN(Cc1ccccn1)C(=O)NC1CC12CCNCC2. The van der Waals surface area contributed by atoms with E-state index < -0.39 is 0 Å². The van der Waals surface area contributed by atoms with Gasteiger partial charge in [0.25, 0.3) is 0 Å². The highest BCUT2D eigenvalue weighted by Gasteiger charge is 2.54. The number of aromatic nitrogens is 1. The number of hydrogen-bond acceptors (Lipinski definition) is 4. The molecule has 1 aromatic heterocycles. The Bertz CT molecular complexity index is 542. The number of carbonyl (C=O) groups excluding carboxylic acids is 1. The van der Waals surface area contributed by atoms with E-state index in [0.717, 1.165) is 31.7 Å². The van der Waals surface area contributed by atoms with Crippen molar-refractivity contribution in [3.63, 3.8) is 0 Å². The van der Waals surface area contributed by atoms with E-state index >= 15 is 0 Å². The fourth-order valence-electron chi connectivity index (χ4n) is 3.53. The highest BCUT2D eigenvalue weighted by molar-refractivity contribution is 5.75. The lowest BCUT2D eigenvalue weighted by Gasteiger charge is -2.27. The lowest BCUT2D eigenvalue weighted by Crippen LogP contribution is -2.45. The van der Waals surface area contributed by atoms with Crippen molar-refractivity contribution in [2.45, 2.75) is 31.8 Å². The predicted octanol–water partition coefficient (Wildman–Crippen LogP) is 1.30. The van der Waals surface area contributed by atoms with Gasteiger partial charge in [-0.05, 0) is 64.0 Å². The van der Waals surface area contributed by atoms with Crippen molar-refractivity contribution in [2.75, 3.05) is 40.3 Å². The van der Waals surface area contributed by atoms with E-state index in [-0.39, 0.29) is 6.03 Å². The van der Waals surface area contributed by atoms with E-state index in [1.807, 2.05) is 37.2 Å². The summed E-state index contributed by atoms with van der Waals surface area (Å²) in [5, 5.41) is 6.68. The maximum absolute atomic E-state index is 12.8. The summed E-state index contributed by atoms with van der Waals surface area (Å²) in [6.07, 6.45) is 5.26. The zero-order chi connectivity index (χ0) is 17.0. The molecule has 3 rings (SSSR count). The number of likely N-dealkylation sites (N-methyl/N-ethyl adjacent to an activating group) is 1. The van der Waals surface area contributed by atoms with Crippen molar-refractivity contribution < 1.29 is 4.79 Å². The number of rotatable bonds is 6. The molecule has 132 valence electrons. The van der Waals surface area contributed by atoms with Crippen LogP contribution in [-0.2, 0) is 6.54 Å². The van der Waals surface area contributed by atoms with Gasteiger partial charge < -0.3 is 20.4 Å². The Labute approximate surface area is 144 Å². The van der Waals surface area contributed by atoms with Gasteiger partial charge in [-0.1, -0.05) is 6.07 Å². The molecule has 1 unspecified atom stereocenters. The number of piperidine rings is 1. The summed E-state index contributed by atoms with van der Waals surface area (Å²) < 4.78 is 0. The van der Waals surface area contributed by atoms with Crippen LogP contribution in [0.3, 0.4) is 0 Å². The fourth-order valence-corrected chi connectivity index (χ4v) is 3.53. The second kappa shape index (κ2) is 7.49. The third-order valence-corrected chi connectivity index (χ3v) is 5.27. The van der Waals surface area contributed by atoms with Crippen molar-refractivity contribution in [3.05, 3.63) is 30.1 Å². The highest BCUT2D eigenvalue weighted by atomic mass is 16.2. The molecule has 2 fully saturated rings. The lowest BCUT2D eigenvalue weighted by atomic mass is 9.94. The van der Waals surface area contributed by atoms with Crippen LogP contribution in [0.4, 0.5) is 4.79 Å². The van der Waals surface area contributed by atoms with Crippen molar-refractivity contribution in [2.24, 2.45) is 5.41 Å². The van der Waals surface area contributed by atoms with Gasteiger partial charge in [0.1, 0.15) is 0 Å². The molecule has 2 N–H and O–H groups in total. The smallest absolute Gasteiger partial charge is 0.318 e. The van der Waals surface area contributed by atoms with Gasteiger partial charge in [0.05, 0.1) is 12.2 Å². The van der Waals surface area contributed by atoms with Gasteiger partial charge in [0.2, 0.25) is 0 Å². The fraction of sp³-hybridized carbons (Fsp3) is 0.667. The average Bonchev–Trinajstić information content (AvgIpc) is 3.23. The summed E-state index contributed by atoms with van der Waals surface area (Å²) in [4.78, 5) is 21.1. The molecule has 2 heterocycles. The van der Waals surface area contributed by atoms with Crippen molar-refractivity contribution in [1.29, 1.82) is 0 Å². The molecular formula is C18H29N5O. The van der Waals surface area contributed by atoms with E-state index in [4.69, 9.17) is 0 Å². The molecule has 6 nitrogen and oxygen atoms in total. The van der Waals surface area contributed by atoms with Crippen LogP contribution in [0.2, 0.25) is 0 Å². The summed E-state index contributed by atoms with van der Waals surface area (Å²) >= 11 is 0. The normalized spacial score (nSPS) is 21.7. The molecule has 0 aromatic carbocycles. The molecule has 24 heavy (non-hydrogen) atoms. The quantitative estimate of drug-likeness (QED) is 0.825. The minimum Gasteiger partial charge on any atom is -0.335 e. The first-order chi connectivity index (χ1) is 11.6. The van der Waals surface area contributed by atoms with E-state index in [0.29, 0.717) is 24.5 Å². The third kappa shape index (κ3) is 4.24. The van der Waals surface area contributed by atoms with Gasteiger partial charge in [0, 0.05) is 25.3 Å². The van der Waals surface area contributed by atoms with E-state index in [2.05, 4.69) is 20.5 Å². The Morgan fingerprint density at radius 3 is 2.79 bits per heavy atom. The number of nitrogens with zero attached hydrogens (tertiary/aromatic N) is 3. The minimum atomic E-state index is 0.0444. The predicted molar refractivity (Wildman–Crippen MR) is 94.7 cm³/mol. The molecule has 1 aliphatic carbocycles. The van der Waals surface area contributed by atoms with Crippen LogP contribution in [0.1, 0.15) is 25.0 Å². The molecule has 1 saturated carbocycles. The molecule has 0 radical (unpaired) electrons. The number of nitrogens with one attached hydrogen (secondary N) is 2. The molecule has 1 spiro atoms.